The number of hydrogen-bond donors (Lipinski definition) is 1. The normalized spacial score (nSPS) is 11.6. The minimum atomic E-state index is 0.227. The summed E-state index contributed by atoms with van der Waals surface area (Å²) in [4.78, 5) is 2.27. The van der Waals surface area contributed by atoms with Crippen molar-refractivity contribution >= 4 is 0 Å². The molecular formula is C11H21N3O. The number of rotatable bonds is 6. The molecule has 0 bridgehead atoms. The van der Waals surface area contributed by atoms with Gasteiger partial charge in [-0.05, 0) is 25.8 Å². The Labute approximate surface area is 91.5 Å². The molecule has 0 saturated carbocycles. The van der Waals surface area contributed by atoms with Gasteiger partial charge in [-0.15, -0.1) is 0 Å². The van der Waals surface area contributed by atoms with Gasteiger partial charge in [0.2, 0.25) is 0 Å². The summed E-state index contributed by atoms with van der Waals surface area (Å²) in [6.45, 7) is 6.25. The Kier molecular flexibility index (Phi) is 4.78. The highest BCUT2D eigenvalue weighted by Gasteiger charge is 2.08. The van der Waals surface area contributed by atoms with Crippen LogP contribution in [0.15, 0.2) is 12.4 Å². The molecule has 1 aromatic rings. The van der Waals surface area contributed by atoms with Gasteiger partial charge in [-0.3, -0.25) is 9.58 Å². The minimum Gasteiger partial charge on any atom is -0.395 e. The van der Waals surface area contributed by atoms with Crippen LogP contribution in [0.25, 0.3) is 0 Å². The van der Waals surface area contributed by atoms with Crippen molar-refractivity contribution in [3.05, 3.63) is 18.0 Å². The van der Waals surface area contributed by atoms with E-state index in [9.17, 15) is 0 Å². The first-order valence-corrected chi connectivity index (χ1v) is 5.46. The zero-order valence-electron chi connectivity index (χ0n) is 9.85. The van der Waals surface area contributed by atoms with Gasteiger partial charge < -0.3 is 5.11 Å². The van der Waals surface area contributed by atoms with E-state index in [1.54, 1.807) is 0 Å². The molecule has 0 amide bonds. The third-order valence-corrected chi connectivity index (χ3v) is 2.56. The lowest BCUT2D eigenvalue weighted by Gasteiger charge is -2.25. The molecule has 1 aromatic heterocycles. The zero-order chi connectivity index (χ0) is 11.3. The van der Waals surface area contributed by atoms with E-state index in [0.717, 1.165) is 19.5 Å². The molecule has 0 unspecified atom stereocenters. The Morgan fingerprint density at radius 1 is 1.47 bits per heavy atom. The van der Waals surface area contributed by atoms with Crippen molar-refractivity contribution in [1.82, 2.24) is 14.7 Å². The highest BCUT2D eigenvalue weighted by Crippen LogP contribution is 2.03. The highest BCUT2D eigenvalue weighted by molar-refractivity contribution is 5.04. The smallest absolute Gasteiger partial charge is 0.0558 e. The molecule has 0 spiro atoms. The number of aliphatic hydroxyl groups is 1. The molecule has 0 aliphatic heterocycles. The summed E-state index contributed by atoms with van der Waals surface area (Å²) in [5.74, 6) is 0. The lowest BCUT2D eigenvalue weighted by molar-refractivity contribution is 0.167. The van der Waals surface area contributed by atoms with Crippen LogP contribution in [0.2, 0.25) is 0 Å². The van der Waals surface area contributed by atoms with Crippen LogP contribution >= 0.6 is 0 Å². The molecule has 4 nitrogen and oxygen atoms in total. The monoisotopic (exact) mass is 211 g/mol. The molecule has 1 rings (SSSR count). The van der Waals surface area contributed by atoms with Crippen molar-refractivity contribution in [2.45, 2.75) is 26.3 Å². The van der Waals surface area contributed by atoms with Crippen molar-refractivity contribution in [3.8, 4) is 0 Å². The van der Waals surface area contributed by atoms with E-state index in [1.165, 1.54) is 5.56 Å². The molecule has 15 heavy (non-hydrogen) atoms. The quantitative estimate of drug-likeness (QED) is 0.752. The number of aromatic nitrogens is 2. The van der Waals surface area contributed by atoms with Crippen molar-refractivity contribution in [2.24, 2.45) is 7.05 Å². The van der Waals surface area contributed by atoms with Crippen LogP contribution in [-0.4, -0.2) is 45.5 Å². The lowest BCUT2D eigenvalue weighted by Crippen LogP contribution is -2.35. The van der Waals surface area contributed by atoms with E-state index < -0.39 is 0 Å². The van der Waals surface area contributed by atoms with E-state index in [1.807, 2.05) is 24.1 Å². The van der Waals surface area contributed by atoms with Crippen LogP contribution < -0.4 is 0 Å². The maximum Gasteiger partial charge on any atom is 0.0558 e. The molecule has 0 fully saturated rings. The number of aryl methyl sites for hydroxylation is 1. The van der Waals surface area contributed by atoms with Crippen molar-refractivity contribution in [3.63, 3.8) is 0 Å². The third kappa shape index (κ3) is 4.01. The zero-order valence-corrected chi connectivity index (χ0v) is 9.85. The largest absolute Gasteiger partial charge is 0.395 e. The van der Waals surface area contributed by atoms with Crippen LogP contribution in [-0.2, 0) is 13.5 Å². The average Bonchev–Trinajstić information content (AvgIpc) is 2.58. The fourth-order valence-corrected chi connectivity index (χ4v) is 1.63. The van der Waals surface area contributed by atoms with Crippen LogP contribution in [0.4, 0.5) is 0 Å². The summed E-state index contributed by atoms with van der Waals surface area (Å²) in [6, 6.07) is 0.480. The molecular weight excluding hydrogens is 190 g/mol. The summed E-state index contributed by atoms with van der Waals surface area (Å²) in [7, 11) is 1.93. The van der Waals surface area contributed by atoms with E-state index in [4.69, 9.17) is 5.11 Å². The lowest BCUT2D eigenvalue weighted by atomic mass is 10.2. The molecule has 1 heterocycles. The molecule has 0 radical (unpaired) electrons. The third-order valence-electron chi connectivity index (χ3n) is 2.56. The number of hydrogen-bond acceptors (Lipinski definition) is 3. The van der Waals surface area contributed by atoms with Gasteiger partial charge in [-0.2, -0.15) is 5.10 Å². The van der Waals surface area contributed by atoms with Gasteiger partial charge in [0.05, 0.1) is 12.8 Å². The van der Waals surface area contributed by atoms with Crippen molar-refractivity contribution in [2.75, 3.05) is 19.7 Å². The van der Waals surface area contributed by atoms with Gasteiger partial charge in [0.1, 0.15) is 0 Å². The summed E-state index contributed by atoms with van der Waals surface area (Å²) in [5.41, 5.74) is 1.25. The Morgan fingerprint density at radius 3 is 2.67 bits per heavy atom. The predicted octanol–water partition coefficient (Wildman–Crippen LogP) is 0.665. The highest BCUT2D eigenvalue weighted by atomic mass is 16.3. The number of nitrogens with zero attached hydrogens (tertiary/aromatic N) is 3. The molecule has 86 valence electrons. The Hall–Kier alpha value is -0.870. The molecule has 1 N–H and O–H groups in total. The summed E-state index contributed by atoms with van der Waals surface area (Å²) < 4.78 is 1.82. The molecule has 0 aromatic carbocycles. The standard InChI is InChI=1S/C11H21N3O/c1-10(2)14(6-7-15)5-4-11-8-12-13(3)9-11/h8-10,15H,4-7H2,1-3H3. The molecule has 0 saturated heterocycles. The van der Waals surface area contributed by atoms with E-state index in [0.29, 0.717) is 6.04 Å². The van der Waals surface area contributed by atoms with Gasteiger partial charge in [0, 0.05) is 32.4 Å². The first kappa shape index (κ1) is 12.2. The predicted molar refractivity (Wildman–Crippen MR) is 60.7 cm³/mol. The van der Waals surface area contributed by atoms with Gasteiger partial charge in [0.15, 0.2) is 0 Å². The summed E-state index contributed by atoms with van der Waals surface area (Å²) in [5, 5.41) is 13.1. The SMILES string of the molecule is CC(C)N(CCO)CCc1cnn(C)c1. The molecule has 0 aliphatic carbocycles. The van der Waals surface area contributed by atoms with Gasteiger partial charge in [0.25, 0.3) is 0 Å². The Morgan fingerprint density at radius 2 is 2.20 bits per heavy atom. The maximum absolute atomic E-state index is 8.93. The summed E-state index contributed by atoms with van der Waals surface area (Å²) in [6.07, 6.45) is 4.93. The van der Waals surface area contributed by atoms with E-state index >= 15 is 0 Å². The molecule has 4 heteroatoms. The maximum atomic E-state index is 8.93. The summed E-state index contributed by atoms with van der Waals surface area (Å²) >= 11 is 0. The average molecular weight is 211 g/mol. The van der Waals surface area contributed by atoms with Crippen LogP contribution in [0.3, 0.4) is 0 Å². The second kappa shape index (κ2) is 5.88. The Bertz CT molecular complexity index is 283. The van der Waals surface area contributed by atoms with E-state index in [-0.39, 0.29) is 6.61 Å². The first-order chi connectivity index (χ1) is 7.13. The van der Waals surface area contributed by atoms with Crippen LogP contribution in [0.5, 0.6) is 0 Å². The van der Waals surface area contributed by atoms with Gasteiger partial charge in [-0.1, -0.05) is 0 Å². The van der Waals surface area contributed by atoms with Gasteiger partial charge in [-0.25, -0.2) is 0 Å². The van der Waals surface area contributed by atoms with Crippen LogP contribution in [0.1, 0.15) is 19.4 Å². The van der Waals surface area contributed by atoms with Crippen molar-refractivity contribution < 1.29 is 5.11 Å². The minimum absolute atomic E-state index is 0.227. The first-order valence-electron chi connectivity index (χ1n) is 5.46. The fourth-order valence-electron chi connectivity index (χ4n) is 1.63. The van der Waals surface area contributed by atoms with Crippen LogP contribution in [0, 0.1) is 0 Å². The fraction of sp³-hybridized carbons (Fsp3) is 0.727. The molecule has 0 aliphatic rings. The number of aliphatic hydroxyl groups excluding tert-OH is 1. The Balaban J connectivity index is 2.39. The second-order valence-electron chi connectivity index (χ2n) is 4.13. The van der Waals surface area contributed by atoms with E-state index in [2.05, 4.69) is 23.8 Å². The van der Waals surface area contributed by atoms with Crippen molar-refractivity contribution in [1.29, 1.82) is 0 Å². The molecule has 0 atom stereocenters. The topological polar surface area (TPSA) is 41.3 Å². The second-order valence-corrected chi connectivity index (χ2v) is 4.13. The van der Waals surface area contributed by atoms with Gasteiger partial charge >= 0.3 is 0 Å².